The second kappa shape index (κ2) is 5.34. The Morgan fingerprint density at radius 1 is 1.36 bits per heavy atom. The van der Waals surface area contributed by atoms with Crippen molar-refractivity contribution >= 4 is 55.3 Å². The number of aromatic nitrogens is 3. The molecule has 3 heterocycles. The van der Waals surface area contributed by atoms with Crippen LogP contribution in [0.5, 0.6) is 0 Å². The maximum atomic E-state index is 10.8. The van der Waals surface area contributed by atoms with E-state index < -0.39 is 4.92 Å². The number of nitro benzene ring substituents is 1. The molecule has 0 bridgehead atoms. The fourth-order valence-corrected chi connectivity index (χ4v) is 4.70. The number of nitro groups is 1. The fourth-order valence-electron chi connectivity index (χ4n) is 2.05. The van der Waals surface area contributed by atoms with Gasteiger partial charge in [0.25, 0.3) is 5.69 Å². The van der Waals surface area contributed by atoms with E-state index in [9.17, 15) is 10.1 Å². The molecule has 0 saturated carbocycles. The molecule has 0 aliphatic rings. The van der Waals surface area contributed by atoms with E-state index in [-0.39, 0.29) is 5.69 Å². The second-order valence-corrected chi connectivity index (χ2v) is 7.63. The number of benzene rings is 1. The summed E-state index contributed by atoms with van der Waals surface area (Å²) in [4.78, 5) is 20.4. The Morgan fingerprint density at radius 3 is 3.09 bits per heavy atom. The van der Waals surface area contributed by atoms with Crippen molar-refractivity contribution < 1.29 is 4.92 Å². The van der Waals surface area contributed by atoms with Crippen molar-refractivity contribution in [2.24, 2.45) is 0 Å². The summed E-state index contributed by atoms with van der Waals surface area (Å²) in [6.07, 6.45) is 4.00. The highest BCUT2D eigenvalue weighted by atomic mass is 32.2. The van der Waals surface area contributed by atoms with Crippen LogP contribution in [0.4, 0.5) is 5.69 Å². The summed E-state index contributed by atoms with van der Waals surface area (Å²) >= 11 is 4.75. The molecule has 4 rings (SSSR count). The molecule has 3 aromatic heterocycles. The van der Waals surface area contributed by atoms with Gasteiger partial charge in [-0.1, -0.05) is 11.8 Å². The first-order valence-electron chi connectivity index (χ1n) is 6.28. The lowest BCUT2D eigenvalue weighted by Crippen LogP contribution is -1.86. The van der Waals surface area contributed by atoms with Gasteiger partial charge in [0.2, 0.25) is 0 Å². The molecular formula is C13H8N4O2S3. The zero-order valence-corrected chi connectivity index (χ0v) is 13.5. The van der Waals surface area contributed by atoms with Crippen LogP contribution in [-0.4, -0.2) is 19.3 Å². The monoisotopic (exact) mass is 348 g/mol. The molecule has 0 atom stereocenters. The maximum Gasteiger partial charge on any atom is 0.271 e. The van der Waals surface area contributed by atoms with Gasteiger partial charge in [0.05, 0.1) is 20.8 Å². The van der Waals surface area contributed by atoms with Crippen LogP contribution in [-0.2, 0) is 5.75 Å². The standard InChI is InChI=1S/C13H8N4O2S3/c18-17(19)9-1-2-11-10(5-9)15-13(22-11)21-7-8-6-16-3-4-20-12(16)14-8/h1-6H,7H2. The Morgan fingerprint density at radius 2 is 2.27 bits per heavy atom. The molecule has 0 saturated heterocycles. The van der Waals surface area contributed by atoms with Crippen molar-refractivity contribution in [1.29, 1.82) is 0 Å². The van der Waals surface area contributed by atoms with Crippen molar-refractivity contribution in [2.75, 3.05) is 0 Å². The number of non-ortho nitro benzene ring substituents is 1. The lowest BCUT2D eigenvalue weighted by atomic mass is 10.3. The summed E-state index contributed by atoms with van der Waals surface area (Å²) in [5, 5.41) is 12.8. The zero-order chi connectivity index (χ0) is 15.1. The number of thiazole rings is 2. The maximum absolute atomic E-state index is 10.8. The average molecular weight is 348 g/mol. The van der Waals surface area contributed by atoms with Gasteiger partial charge in [-0.2, -0.15) is 0 Å². The SMILES string of the molecule is O=[N+]([O-])c1ccc2sc(SCc3cn4ccsc4n3)nc2c1. The van der Waals surface area contributed by atoms with Crippen LogP contribution in [0, 0.1) is 10.1 Å². The Labute approximate surface area is 136 Å². The first kappa shape index (κ1) is 13.7. The predicted molar refractivity (Wildman–Crippen MR) is 88.9 cm³/mol. The number of thioether (sulfide) groups is 1. The molecule has 0 aliphatic carbocycles. The molecule has 0 amide bonds. The third-order valence-corrected chi connectivity index (χ3v) is 6.03. The van der Waals surface area contributed by atoms with E-state index in [1.807, 2.05) is 22.2 Å². The topological polar surface area (TPSA) is 73.3 Å². The Balaban J connectivity index is 1.56. The van der Waals surface area contributed by atoms with Gasteiger partial charge in [0, 0.05) is 35.7 Å². The summed E-state index contributed by atoms with van der Waals surface area (Å²) in [5.74, 6) is 0.732. The molecule has 22 heavy (non-hydrogen) atoms. The molecule has 4 aromatic rings. The first-order chi connectivity index (χ1) is 10.7. The minimum Gasteiger partial charge on any atom is -0.297 e. The van der Waals surface area contributed by atoms with E-state index in [0.29, 0.717) is 5.52 Å². The van der Waals surface area contributed by atoms with Crippen molar-refractivity contribution in [1.82, 2.24) is 14.4 Å². The Kier molecular flexibility index (Phi) is 3.32. The van der Waals surface area contributed by atoms with Crippen molar-refractivity contribution in [2.45, 2.75) is 10.1 Å². The summed E-state index contributed by atoms with van der Waals surface area (Å²) < 4.78 is 3.85. The Hall–Kier alpha value is -1.97. The smallest absolute Gasteiger partial charge is 0.271 e. The number of fused-ring (bicyclic) bond motifs is 2. The highest BCUT2D eigenvalue weighted by Crippen LogP contribution is 2.33. The average Bonchev–Trinajstić information content (AvgIpc) is 3.17. The molecule has 0 fully saturated rings. The van der Waals surface area contributed by atoms with Crippen molar-refractivity contribution in [3.05, 3.63) is 51.8 Å². The van der Waals surface area contributed by atoms with Gasteiger partial charge in [-0.3, -0.25) is 14.5 Å². The van der Waals surface area contributed by atoms with Gasteiger partial charge >= 0.3 is 0 Å². The number of hydrogen-bond donors (Lipinski definition) is 0. The summed E-state index contributed by atoms with van der Waals surface area (Å²) in [6.45, 7) is 0. The predicted octanol–water partition coefficient (Wildman–Crippen LogP) is 4.21. The van der Waals surface area contributed by atoms with Crippen LogP contribution in [0.1, 0.15) is 5.69 Å². The van der Waals surface area contributed by atoms with E-state index in [4.69, 9.17) is 0 Å². The van der Waals surface area contributed by atoms with Crippen LogP contribution < -0.4 is 0 Å². The minimum atomic E-state index is -0.399. The highest BCUT2D eigenvalue weighted by Gasteiger charge is 2.11. The largest absolute Gasteiger partial charge is 0.297 e. The molecule has 9 heteroatoms. The Bertz CT molecular complexity index is 959. The molecule has 0 aliphatic heterocycles. The van der Waals surface area contributed by atoms with E-state index in [1.165, 1.54) is 12.1 Å². The zero-order valence-electron chi connectivity index (χ0n) is 11.0. The molecule has 6 nitrogen and oxygen atoms in total. The van der Waals surface area contributed by atoms with Crippen LogP contribution in [0.2, 0.25) is 0 Å². The van der Waals surface area contributed by atoms with E-state index in [1.54, 1.807) is 40.5 Å². The van der Waals surface area contributed by atoms with Gasteiger partial charge < -0.3 is 0 Å². The van der Waals surface area contributed by atoms with Crippen LogP contribution >= 0.6 is 34.4 Å². The molecule has 0 radical (unpaired) electrons. The van der Waals surface area contributed by atoms with E-state index in [0.717, 1.165) is 25.4 Å². The number of nitrogens with zero attached hydrogens (tertiary/aromatic N) is 4. The van der Waals surface area contributed by atoms with Gasteiger partial charge in [-0.15, -0.1) is 22.7 Å². The summed E-state index contributed by atoms with van der Waals surface area (Å²) in [6, 6.07) is 4.78. The molecule has 1 aromatic carbocycles. The van der Waals surface area contributed by atoms with E-state index >= 15 is 0 Å². The number of imidazole rings is 1. The summed E-state index contributed by atoms with van der Waals surface area (Å²) in [7, 11) is 0. The van der Waals surface area contributed by atoms with Crippen LogP contribution in [0.15, 0.2) is 40.3 Å². The van der Waals surface area contributed by atoms with Crippen LogP contribution in [0.25, 0.3) is 15.2 Å². The van der Waals surface area contributed by atoms with Crippen molar-refractivity contribution in [3.8, 4) is 0 Å². The molecule has 0 N–H and O–H groups in total. The highest BCUT2D eigenvalue weighted by molar-refractivity contribution is 8.00. The van der Waals surface area contributed by atoms with Gasteiger partial charge in [-0.05, 0) is 6.07 Å². The lowest BCUT2D eigenvalue weighted by molar-refractivity contribution is -0.384. The third kappa shape index (κ3) is 2.47. The quantitative estimate of drug-likeness (QED) is 0.314. The van der Waals surface area contributed by atoms with Gasteiger partial charge in [0.15, 0.2) is 9.30 Å². The minimum absolute atomic E-state index is 0.0729. The second-order valence-electron chi connectivity index (χ2n) is 4.50. The first-order valence-corrected chi connectivity index (χ1v) is 8.96. The van der Waals surface area contributed by atoms with Crippen molar-refractivity contribution in [3.63, 3.8) is 0 Å². The number of rotatable bonds is 4. The van der Waals surface area contributed by atoms with Gasteiger partial charge in [0.1, 0.15) is 0 Å². The normalized spacial score (nSPS) is 11.5. The fraction of sp³-hybridized carbons (Fsp3) is 0.0769. The molecule has 110 valence electrons. The lowest BCUT2D eigenvalue weighted by Gasteiger charge is -1.91. The molecular weight excluding hydrogens is 340 g/mol. The van der Waals surface area contributed by atoms with E-state index in [2.05, 4.69) is 9.97 Å². The van der Waals surface area contributed by atoms with Gasteiger partial charge in [-0.25, -0.2) is 9.97 Å². The number of hydrogen-bond acceptors (Lipinski definition) is 7. The molecule has 0 spiro atoms. The third-order valence-electron chi connectivity index (χ3n) is 3.05. The van der Waals surface area contributed by atoms with Crippen LogP contribution in [0.3, 0.4) is 0 Å². The summed E-state index contributed by atoms with van der Waals surface area (Å²) in [5.41, 5.74) is 1.75. The molecule has 0 unspecified atom stereocenters.